The molecular formula is C15H21NO6S. The van der Waals surface area contributed by atoms with Crippen molar-refractivity contribution in [2.75, 3.05) is 23.4 Å². The van der Waals surface area contributed by atoms with Crippen LogP contribution in [0, 0.1) is 0 Å². The Hall–Kier alpha value is -2.09. The van der Waals surface area contributed by atoms with Gasteiger partial charge >= 0.3 is 5.97 Å². The maximum atomic E-state index is 11.8. The van der Waals surface area contributed by atoms with Crippen molar-refractivity contribution in [2.24, 2.45) is 0 Å². The van der Waals surface area contributed by atoms with Gasteiger partial charge in [-0.3, -0.25) is 4.79 Å². The van der Waals surface area contributed by atoms with Crippen molar-refractivity contribution < 1.29 is 27.9 Å². The number of carbonyl (C=O) groups is 2. The number of unbranched alkanes of at least 4 members (excludes halogenated alkanes) is 2. The molecule has 2 N–H and O–H groups in total. The van der Waals surface area contributed by atoms with Crippen LogP contribution in [0.5, 0.6) is 5.75 Å². The summed E-state index contributed by atoms with van der Waals surface area (Å²) < 4.78 is 28.6. The molecule has 1 rings (SSSR count). The predicted octanol–water partition coefficient (Wildman–Crippen LogP) is 1.69. The van der Waals surface area contributed by atoms with Crippen molar-refractivity contribution in [1.29, 1.82) is 0 Å². The van der Waals surface area contributed by atoms with Gasteiger partial charge in [0.05, 0.1) is 5.75 Å². The smallest absolute Gasteiger partial charge is 0.341 e. The fraction of sp³-hybridized carbons (Fsp3) is 0.467. The standard InChI is InChI=1S/C15H21NO6S/c1-2-3-4-8-23(20,21)11-14(17)16-12-6-5-7-13(9-12)22-10-15(18)19/h5-7,9H,2-4,8,10-11H2,1H3,(H,16,17)(H,18,19). The molecule has 0 aromatic heterocycles. The second kappa shape index (κ2) is 9.14. The van der Waals surface area contributed by atoms with E-state index in [4.69, 9.17) is 9.84 Å². The Kier molecular flexibility index (Phi) is 7.53. The van der Waals surface area contributed by atoms with Gasteiger partial charge in [0.1, 0.15) is 11.5 Å². The van der Waals surface area contributed by atoms with E-state index in [9.17, 15) is 18.0 Å². The first-order valence-electron chi connectivity index (χ1n) is 7.27. The van der Waals surface area contributed by atoms with E-state index in [1.54, 1.807) is 18.2 Å². The summed E-state index contributed by atoms with van der Waals surface area (Å²) >= 11 is 0. The van der Waals surface area contributed by atoms with E-state index in [0.29, 0.717) is 12.1 Å². The lowest BCUT2D eigenvalue weighted by atomic mass is 10.3. The van der Waals surface area contributed by atoms with E-state index >= 15 is 0 Å². The number of nitrogens with one attached hydrogen (secondary N) is 1. The number of anilines is 1. The summed E-state index contributed by atoms with van der Waals surface area (Å²) in [6.45, 7) is 1.47. The van der Waals surface area contributed by atoms with E-state index in [2.05, 4.69) is 5.32 Å². The normalized spacial score (nSPS) is 11.0. The molecule has 0 aliphatic rings. The zero-order chi connectivity index (χ0) is 17.3. The van der Waals surface area contributed by atoms with Crippen molar-refractivity contribution in [2.45, 2.75) is 26.2 Å². The maximum absolute atomic E-state index is 11.8. The summed E-state index contributed by atoms with van der Waals surface area (Å²) in [5.74, 6) is -2.04. The molecule has 8 heteroatoms. The summed E-state index contributed by atoms with van der Waals surface area (Å²) in [4.78, 5) is 22.3. The maximum Gasteiger partial charge on any atom is 0.341 e. The van der Waals surface area contributed by atoms with E-state index in [0.717, 1.165) is 12.8 Å². The highest BCUT2D eigenvalue weighted by Gasteiger charge is 2.16. The van der Waals surface area contributed by atoms with Crippen LogP contribution in [-0.2, 0) is 19.4 Å². The first kappa shape index (κ1) is 19.0. The minimum absolute atomic E-state index is 0.00395. The molecule has 1 amide bonds. The number of hydrogen-bond acceptors (Lipinski definition) is 5. The molecular weight excluding hydrogens is 322 g/mol. The highest BCUT2D eigenvalue weighted by atomic mass is 32.2. The number of sulfone groups is 1. The number of carboxylic acid groups (broad SMARTS) is 1. The lowest BCUT2D eigenvalue weighted by molar-refractivity contribution is -0.139. The number of benzene rings is 1. The largest absolute Gasteiger partial charge is 0.482 e. The first-order valence-corrected chi connectivity index (χ1v) is 9.09. The van der Waals surface area contributed by atoms with Crippen molar-refractivity contribution >= 4 is 27.4 Å². The molecule has 0 radical (unpaired) electrons. The summed E-state index contributed by atoms with van der Waals surface area (Å²) in [5.41, 5.74) is 0.349. The van der Waals surface area contributed by atoms with Gasteiger partial charge < -0.3 is 15.2 Å². The molecule has 1 aromatic carbocycles. The van der Waals surface area contributed by atoms with Crippen LogP contribution in [-0.4, -0.2) is 43.5 Å². The number of hydrogen-bond donors (Lipinski definition) is 2. The van der Waals surface area contributed by atoms with Crippen molar-refractivity contribution in [3.8, 4) is 5.75 Å². The third-order valence-electron chi connectivity index (χ3n) is 2.89. The average molecular weight is 343 g/mol. The Bertz CT molecular complexity index is 641. The molecule has 23 heavy (non-hydrogen) atoms. The highest BCUT2D eigenvalue weighted by Crippen LogP contribution is 2.17. The van der Waals surface area contributed by atoms with Gasteiger partial charge in [0.15, 0.2) is 16.4 Å². The molecule has 128 valence electrons. The zero-order valence-corrected chi connectivity index (χ0v) is 13.8. The van der Waals surface area contributed by atoms with E-state index in [1.165, 1.54) is 6.07 Å². The molecule has 0 heterocycles. The number of ether oxygens (including phenoxy) is 1. The lowest BCUT2D eigenvalue weighted by Gasteiger charge is -2.08. The van der Waals surface area contributed by atoms with Crippen LogP contribution >= 0.6 is 0 Å². The fourth-order valence-corrected chi connectivity index (χ4v) is 3.11. The molecule has 0 saturated carbocycles. The minimum atomic E-state index is -3.43. The Balaban J connectivity index is 2.56. The number of aliphatic carboxylic acids is 1. The van der Waals surface area contributed by atoms with Gasteiger partial charge in [-0.05, 0) is 18.6 Å². The van der Waals surface area contributed by atoms with Gasteiger partial charge in [0.2, 0.25) is 5.91 Å². The second-order valence-electron chi connectivity index (χ2n) is 5.06. The van der Waals surface area contributed by atoms with Crippen LogP contribution < -0.4 is 10.1 Å². The summed E-state index contributed by atoms with van der Waals surface area (Å²) in [6.07, 6.45) is 2.26. The fourth-order valence-electron chi connectivity index (χ4n) is 1.85. The van der Waals surface area contributed by atoms with Crippen molar-refractivity contribution in [3.05, 3.63) is 24.3 Å². The van der Waals surface area contributed by atoms with Crippen LogP contribution in [0.3, 0.4) is 0 Å². The molecule has 0 atom stereocenters. The van der Waals surface area contributed by atoms with E-state index in [1.807, 2.05) is 6.92 Å². The van der Waals surface area contributed by atoms with E-state index < -0.39 is 34.1 Å². The second-order valence-corrected chi connectivity index (χ2v) is 7.24. The third-order valence-corrected chi connectivity index (χ3v) is 4.50. The number of rotatable bonds is 10. The molecule has 7 nitrogen and oxygen atoms in total. The molecule has 0 spiro atoms. The summed E-state index contributed by atoms with van der Waals surface area (Å²) in [6, 6.07) is 6.11. The van der Waals surface area contributed by atoms with Crippen LogP contribution in [0.1, 0.15) is 26.2 Å². The van der Waals surface area contributed by atoms with Gasteiger partial charge in [-0.2, -0.15) is 0 Å². The van der Waals surface area contributed by atoms with Gasteiger partial charge in [-0.15, -0.1) is 0 Å². The van der Waals surface area contributed by atoms with Crippen LogP contribution in [0.4, 0.5) is 5.69 Å². The molecule has 0 bridgehead atoms. The zero-order valence-electron chi connectivity index (χ0n) is 12.9. The number of carbonyl (C=O) groups excluding carboxylic acids is 1. The summed E-state index contributed by atoms with van der Waals surface area (Å²) in [5, 5.41) is 11.0. The van der Waals surface area contributed by atoms with Crippen molar-refractivity contribution in [3.63, 3.8) is 0 Å². The Morgan fingerprint density at radius 2 is 2.00 bits per heavy atom. The number of carboxylic acids is 1. The topological polar surface area (TPSA) is 110 Å². The molecule has 0 aliphatic heterocycles. The first-order chi connectivity index (χ1) is 10.8. The molecule has 0 fully saturated rings. The van der Waals surface area contributed by atoms with Gasteiger partial charge in [0, 0.05) is 11.8 Å². The molecule has 0 saturated heterocycles. The Morgan fingerprint density at radius 3 is 2.65 bits per heavy atom. The van der Waals surface area contributed by atoms with E-state index in [-0.39, 0.29) is 11.5 Å². The van der Waals surface area contributed by atoms with Crippen molar-refractivity contribution in [1.82, 2.24) is 0 Å². The molecule has 0 aliphatic carbocycles. The molecule has 1 aromatic rings. The van der Waals surface area contributed by atoms with Crippen LogP contribution in [0.25, 0.3) is 0 Å². The van der Waals surface area contributed by atoms with Crippen LogP contribution in [0.2, 0.25) is 0 Å². The number of amides is 1. The predicted molar refractivity (Wildman–Crippen MR) is 86.4 cm³/mol. The third kappa shape index (κ3) is 8.20. The molecule has 0 unspecified atom stereocenters. The monoisotopic (exact) mass is 343 g/mol. The van der Waals surface area contributed by atoms with Gasteiger partial charge in [-0.25, -0.2) is 13.2 Å². The Labute approximate surface area is 135 Å². The van der Waals surface area contributed by atoms with Gasteiger partial charge in [0.25, 0.3) is 0 Å². The average Bonchev–Trinajstić information content (AvgIpc) is 2.45. The lowest BCUT2D eigenvalue weighted by Crippen LogP contribution is -2.24. The Morgan fingerprint density at radius 1 is 1.26 bits per heavy atom. The van der Waals surface area contributed by atoms with Crippen LogP contribution in [0.15, 0.2) is 24.3 Å². The highest BCUT2D eigenvalue weighted by molar-refractivity contribution is 7.92. The minimum Gasteiger partial charge on any atom is -0.482 e. The SMILES string of the molecule is CCCCCS(=O)(=O)CC(=O)Nc1cccc(OCC(=O)O)c1. The summed E-state index contributed by atoms with van der Waals surface area (Å²) in [7, 11) is -3.43. The quantitative estimate of drug-likeness (QED) is 0.626. The van der Waals surface area contributed by atoms with Gasteiger partial charge in [-0.1, -0.05) is 25.8 Å².